The summed E-state index contributed by atoms with van der Waals surface area (Å²) in [6, 6.07) is 8.34. The van der Waals surface area contributed by atoms with Gasteiger partial charge in [0.2, 0.25) is 0 Å². The van der Waals surface area contributed by atoms with Crippen molar-refractivity contribution in [1.82, 2.24) is 9.88 Å². The minimum absolute atomic E-state index is 1.09. The second kappa shape index (κ2) is 4.58. The first-order valence-electron chi connectivity index (χ1n) is 6.17. The average Bonchev–Trinajstić information content (AvgIpc) is 2.82. The standard InChI is InChI=1S/C15H16N2S/c1-17(2)12-9-7-11(8-10-12)15-16-13-5-3-4-6-14(13)18-15/h3-7,9H,8,10H2,1-2H3. The van der Waals surface area contributed by atoms with Gasteiger partial charge >= 0.3 is 0 Å². The van der Waals surface area contributed by atoms with E-state index in [4.69, 9.17) is 4.98 Å². The predicted molar refractivity (Wildman–Crippen MR) is 78.6 cm³/mol. The Morgan fingerprint density at radius 3 is 2.61 bits per heavy atom. The van der Waals surface area contributed by atoms with Gasteiger partial charge in [0.25, 0.3) is 0 Å². The van der Waals surface area contributed by atoms with Gasteiger partial charge in [0.05, 0.1) is 10.2 Å². The Bertz CT molecular complexity index is 602. The van der Waals surface area contributed by atoms with Crippen molar-refractivity contribution in [3.8, 4) is 0 Å². The van der Waals surface area contributed by atoms with Gasteiger partial charge in [-0.05, 0) is 36.6 Å². The lowest BCUT2D eigenvalue weighted by molar-refractivity contribution is 0.487. The number of aromatic nitrogens is 1. The predicted octanol–water partition coefficient (Wildman–Crippen LogP) is 3.92. The number of nitrogens with zero attached hydrogens (tertiary/aromatic N) is 2. The highest BCUT2D eigenvalue weighted by atomic mass is 32.1. The van der Waals surface area contributed by atoms with E-state index in [-0.39, 0.29) is 0 Å². The first kappa shape index (κ1) is 11.5. The van der Waals surface area contributed by atoms with Crippen LogP contribution in [0.4, 0.5) is 0 Å². The second-order valence-corrected chi connectivity index (χ2v) is 5.76. The van der Waals surface area contributed by atoms with Crippen molar-refractivity contribution in [3.05, 3.63) is 47.1 Å². The molecule has 92 valence electrons. The van der Waals surface area contributed by atoms with Gasteiger partial charge in [-0.3, -0.25) is 0 Å². The normalized spacial score (nSPS) is 15.4. The molecule has 2 nitrogen and oxygen atoms in total. The number of rotatable bonds is 2. The highest BCUT2D eigenvalue weighted by molar-refractivity contribution is 7.19. The van der Waals surface area contributed by atoms with Crippen LogP contribution < -0.4 is 0 Å². The van der Waals surface area contributed by atoms with Crippen molar-refractivity contribution in [2.24, 2.45) is 0 Å². The van der Waals surface area contributed by atoms with Crippen LogP contribution in [0, 0.1) is 0 Å². The zero-order chi connectivity index (χ0) is 12.5. The summed E-state index contributed by atoms with van der Waals surface area (Å²) in [6.07, 6.45) is 6.63. The molecule has 0 amide bonds. The van der Waals surface area contributed by atoms with Crippen molar-refractivity contribution < 1.29 is 0 Å². The summed E-state index contributed by atoms with van der Waals surface area (Å²) in [5, 5.41) is 1.17. The molecule has 1 aliphatic carbocycles. The third-order valence-corrected chi connectivity index (χ3v) is 4.38. The van der Waals surface area contributed by atoms with Crippen LogP contribution in [0.5, 0.6) is 0 Å². The lowest BCUT2D eigenvalue weighted by Gasteiger charge is -2.20. The lowest BCUT2D eigenvalue weighted by atomic mass is 10.0. The first-order chi connectivity index (χ1) is 8.74. The zero-order valence-corrected chi connectivity index (χ0v) is 11.5. The summed E-state index contributed by atoms with van der Waals surface area (Å²) < 4.78 is 1.27. The van der Waals surface area contributed by atoms with E-state index in [1.807, 2.05) is 6.07 Å². The molecule has 1 heterocycles. The molecule has 2 aromatic rings. The molecule has 0 radical (unpaired) electrons. The molecular weight excluding hydrogens is 240 g/mol. The zero-order valence-electron chi connectivity index (χ0n) is 10.7. The van der Waals surface area contributed by atoms with E-state index < -0.39 is 0 Å². The summed E-state index contributed by atoms with van der Waals surface area (Å²) in [6.45, 7) is 0. The van der Waals surface area contributed by atoms with Crippen LogP contribution in [-0.4, -0.2) is 24.0 Å². The highest BCUT2D eigenvalue weighted by Crippen LogP contribution is 2.32. The Morgan fingerprint density at radius 1 is 1.11 bits per heavy atom. The fourth-order valence-corrected chi connectivity index (χ4v) is 3.21. The maximum Gasteiger partial charge on any atom is 0.120 e. The van der Waals surface area contributed by atoms with E-state index in [1.54, 1.807) is 11.3 Å². The van der Waals surface area contributed by atoms with Gasteiger partial charge in [-0.25, -0.2) is 4.98 Å². The maximum absolute atomic E-state index is 4.71. The minimum Gasteiger partial charge on any atom is -0.381 e. The maximum atomic E-state index is 4.71. The van der Waals surface area contributed by atoms with Gasteiger partial charge in [-0.15, -0.1) is 11.3 Å². The molecule has 3 heteroatoms. The Kier molecular flexibility index (Phi) is 2.92. The van der Waals surface area contributed by atoms with E-state index >= 15 is 0 Å². The SMILES string of the molecule is CN(C)C1=CC=C(c2nc3ccccc3s2)CC1. The fourth-order valence-electron chi connectivity index (χ4n) is 2.19. The van der Waals surface area contributed by atoms with Crippen LogP contribution in [0.1, 0.15) is 17.8 Å². The van der Waals surface area contributed by atoms with Gasteiger partial charge in [0.15, 0.2) is 0 Å². The van der Waals surface area contributed by atoms with Crippen LogP contribution in [0.3, 0.4) is 0 Å². The number of hydrogen-bond donors (Lipinski definition) is 0. The van der Waals surface area contributed by atoms with Crippen molar-refractivity contribution >= 4 is 27.1 Å². The third kappa shape index (κ3) is 2.06. The summed E-state index contributed by atoms with van der Waals surface area (Å²) in [7, 11) is 4.20. The molecule has 0 atom stereocenters. The molecule has 3 rings (SSSR count). The molecule has 0 fully saturated rings. The number of fused-ring (bicyclic) bond motifs is 1. The number of hydrogen-bond acceptors (Lipinski definition) is 3. The van der Waals surface area contributed by atoms with E-state index in [2.05, 4.69) is 49.3 Å². The minimum atomic E-state index is 1.09. The first-order valence-corrected chi connectivity index (χ1v) is 6.99. The van der Waals surface area contributed by atoms with E-state index in [1.165, 1.54) is 21.0 Å². The molecule has 0 aliphatic heterocycles. The molecule has 0 spiro atoms. The molecule has 0 N–H and O–H groups in total. The number of benzene rings is 1. The van der Waals surface area contributed by atoms with Crippen LogP contribution in [0.15, 0.2) is 42.1 Å². The van der Waals surface area contributed by atoms with Crippen LogP contribution in [0.25, 0.3) is 15.8 Å². The van der Waals surface area contributed by atoms with Crippen molar-refractivity contribution in [2.45, 2.75) is 12.8 Å². The second-order valence-electron chi connectivity index (χ2n) is 4.73. The number of thiazole rings is 1. The molecule has 0 saturated carbocycles. The van der Waals surface area contributed by atoms with Gasteiger partial charge in [0, 0.05) is 19.8 Å². The largest absolute Gasteiger partial charge is 0.381 e. The molecule has 18 heavy (non-hydrogen) atoms. The molecule has 1 aromatic carbocycles. The van der Waals surface area contributed by atoms with Crippen molar-refractivity contribution in [3.63, 3.8) is 0 Å². The fraction of sp³-hybridized carbons (Fsp3) is 0.267. The Labute approximate surface area is 111 Å². The third-order valence-electron chi connectivity index (χ3n) is 3.27. The highest BCUT2D eigenvalue weighted by Gasteiger charge is 2.13. The quantitative estimate of drug-likeness (QED) is 0.809. The topological polar surface area (TPSA) is 16.1 Å². The van der Waals surface area contributed by atoms with Crippen LogP contribution in [-0.2, 0) is 0 Å². The monoisotopic (exact) mass is 256 g/mol. The van der Waals surface area contributed by atoms with Crippen LogP contribution in [0.2, 0.25) is 0 Å². The van der Waals surface area contributed by atoms with E-state index in [0.29, 0.717) is 0 Å². The summed E-state index contributed by atoms with van der Waals surface area (Å²) in [5.41, 5.74) is 3.86. The van der Waals surface area contributed by atoms with Crippen LogP contribution >= 0.6 is 11.3 Å². The van der Waals surface area contributed by atoms with Crippen molar-refractivity contribution in [2.75, 3.05) is 14.1 Å². The molecule has 0 unspecified atom stereocenters. The smallest absolute Gasteiger partial charge is 0.120 e. The number of allylic oxidation sites excluding steroid dienone is 4. The molecule has 1 aromatic heterocycles. The summed E-state index contributed by atoms with van der Waals surface area (Å²) in [5.74, 6) is 0. The summed E-state index contributed by atoms with van der Waals surface area (Å²) >= 11 is 1.79. The van der Waals surface area contributed by atoms with Gasteiger partial charge in [-0.2, -0.15) is 0 Å². The van der Waals surface area contributed by atoms with E-state index in [9.17, 15) is 0 Å². The number of para-hydroxylation sites is 1. The summed E-state index contributed by atoms with van der Waals surface area (Å²) in [4.78, 5) is 6.90. The lowest BCUT2D eigenvalue weighted by Crippen LogP contribution is -2.12. The Morgan fingerprint density at radius 2 is 1.94 bits per heavy atom. The Hall–Kier alpha value is -1.61. The van der Waals surface area contributed by atoms with Gasteiger partial charge in [-0.1, -0.05) is 18.2 Å². The molecule has 0 bridgehead atoms. The molecular formula is C15H16N2S. The molecule has 0 saturated heterocycles. The van der Waals surface area contributed by atoms with E-state index in [0.717, 1.165) is 18.4 Å². The van der Waals surface area contributed by atoms with Gasteiger partial charge in [0.1, 0.15) is 5.01 Å². The average molecular weight is 256 g/mol. The Balaban J connectivity index is 1.96. The van der Waals surface area contributed by atoms with Gasteiger partial charge < -0.3 is 4.90 Å². The molecule has 1 aliphatic rings. The van der Waals surface area contributed by atoms with Crippen molar-refractivity contribution in [1.29, 1.82) is 0 Å².